The summed E-state index contributed by atoms with van der Waals surface area (Å²) < 4.78 is 6.49. The molecule has 3 aromatic rings. The number of Topliss-reactive ketones (excluding diaryl/α,β-unsaturated/α-hetero) is 1. The van der Waals surface area contributed by atoms with Crippen LogP contribution in [0.15, 0.2) is 29.3 Å². The number of benzene rings is 1. The molecule has 1 atom stereocenters. The smallest absolute Gasteiger partial charge is 0.326 e. The Bertz CT molecular complexity index is 1140. The molecule has 0 aliphatic rings. The highest BCUT2D eigenvalue weighted by Crippen LogP contribution is 2.25. The summed E-state index contributed by atoms with van der Waals surface area (Å²) in [7, 11) is 0. The van der Waals surface area contributed by atoms with Crippen molar-refractivity contribution in [1.29, 1.82) is 0 Å². The molecule has 0 aliphatic heterocycles. The van der Waals surface area contributed by atoms with E-state index >= 15 is 0 Å². The number of nitrogens with zero attached hydrogens (tertiary/aromatic N) is 2. The molecule has 0 unspecified atom stereocenters. The third-order valence-electron chi connectivity index (χ3n) is 4.92. The van der Waals surface area contributed by atoms with Gasteiger partial charge in [0.25, 0.3) is 5.56 Å². The predicted molar refractivity (Wildman–Crippen MR) is 109 cm³/mol. The van der Waals surface area contributed by atoms with E-state index in [1.807, 2.05) is 33.8 Å². The first-order valence-electron chi connectivity index (χ1n) is 8.95. The highest BCUT2D eigenvalue weighted by molar-refractivity contribution is 7.18. The second-order valence-corrected chi connectivity index (χ2v) is 8.14. The molecule has 2 aromatic heterocycles. The summed E-state index contributed by atoms with van der Waals surface area (Å²) in [4.78, 5) is 43.4. The fourth-order valence-electron chi connectivity index (χ4n) is 2.94. The van der Waals surface area contributed by atoms with Crippen LogP contribution in [0.2, 0.25) is 0 Å². The zero-order valence-corrected chi connectivity index (χ0v) is 17.3. The van der Waals surface area contributed by atoms with E-state index < -0.39 is 12.1 Å². The molecule has 0 spiro atoms. The summed E-state index contributed by atoms with van der Waals surface area (Å²) in [6.45, 7) is 8.93. The maximum Gasteiger partial charge on any atom is 0.326 e. The Morgan fingerprint density at radius 1 is 1.18 bits per heavy atom. The van der Waals surface area contributed by atoms with Crippen molar-refractivity contribution in [3.8, 4) is 0 Å². The molecule has 1 aromatic carbocycles. The van der Waals surface area contributed by atoms with Gasteiger partial charge in [0.1, 0.15) is 11.4 Å². The number of esters is 1. The van der Waals surface area contributed by atoms with Gasteiger partial charge >= 0.3 is 5.97 Å². The fraction of sp³-hybridized carbons (Fsp3) is 0.333. The third-order valence-corrected chi connectivity index (χ3v) is 6.04. The number of aryl methyl sites for hydroxylation is 4. The lowest BCUT2D eigenvalue weighted by molar-refractivity contribution is -0.147. The van der Waals surface area contributed by atoms with Crippen molar-refractivity contribution in [2.24, 2.45) is 0 Å². The van der Waals surface area contributed by atoms with Gasteiger partial charge in [0.15, 0.2) is 6.10 Å². The lowest BCUT2D eigenvalue weighted by Gasteiger charge is -2.14. The first-order valence-corrected chi connectivity index (χ1v) is 9.76. The molecule has 0 N–H and O–H groups in total. The van der Waals surface area contributed by atoms with Crippen LogP contribution in [0.1, 0.15) is 38.8 Å². The molecule has 0 radical (unpaired) electrons. The monoisotopic (exact) mass is 398 g/mol. The number of hydrogen-bond donors (Lipinski definition) is 0. The highest BCUT2D eigenvalue weighted by Gasteiger charge is 2.21. The van der Waals surface area contributed by atoms with Crippen molar-refractivity contribution in [2.75, 3.05) is 0 Å². The maximum atomic E-state index is 12.7. The lowest BCUT2D eigenvalue weighted by atomic mass is 10.0. The first kappa shape index (κ1) is 19.9. The molecular formula is C21H22N2O4S. The minimum Gasteiger partial charge on any atom is -0.453 e. The Hall–Kier alpha value is -2.80. The molecule has 0 fully saturated rings. The molecule has 0 saturated heterocycles. The summed E-state index contributed by atoms with van der Waals surface area (Å²) in [6, 6.07) is 5.37. The van der Waals surface area contributed by atoms with Crippen molar-refractivity contribution in [3.05, 3.63) is 62.0 Å². The third kappa shape index (κ3) is 3.75. The highest BCUT2D eigenvalue weighted by atomic mass is 32.1. The summed E-state index contributed by atoms with van der Waals surface area (Å²) in [5.74, 6) is -0.931. The van der Waals surface area contributed by atoms with Gasteiger partial charge in [-0.3, -0.25) is 19.0 Å². The zero-order valence-electron chi connectivity index (χ0n) is 16.5. The van der Waals surface area contributed by atoms with Gasteiger partial charge < -0.3 is 4.74 Å². The van der Waals surface area contributed by atoms with Crippen LogP contribution >= 0.6 is 11.3 Å². The summed E-state index contributed by atoms with van der Waals surface area (Å²) in [5.41, 5.74) is 3.17. The second-order valence-electron chi connectivity index (χ2n) is 6.94. The Balaban J connectivity index is 1.75. The van der Waals surface area contributed by atoms with Crippen molar-refractivity contribution in [1.82, 2.24) is 9.55 Å². The standard InChI is InChI=1S/C21H22N2O4S/c1-11-6-7-16(8-12(11)2)19(25)14(4)27-17(24)9-23-10-22-20-18(21(23)26)13(3)15(5)28-20/h6-8,10,14H,9H2,1-5H3/t14-/m0/s1. The molecule has 0 saturated carbocycles. The minimum absolute atomic E-state index is 0.276. The van der Waals surface area contributed by atoms with E-state index in [4.69, 9.17) is 4.74 Å². The van der Waals surface area contributed by atoms with Gasteiger partial charge in [-0.1, -0.05) is 12.1 Å². The molecule has 0 aliphatic carbocycles. The fourth-order valence-corrected chi connectivity index (χ4v) is 3.93. The second kappa shape index (κ2) is 7.67. The average Bonchev–Trinajstić information content (AvgIpc) is 2.94. The minimum atomic E-state index is -0.938. The number of ether oxygens (including phenoxy) is 1. The van der Waals surface area contributed by atoms with Gasteiger partial charge in [0.05, 0.1) is 11.7 Å². The molecule has 2 heterocycles. The molecular weight excluding hydrogens is 376 g/mol. The Morgan fingerprint density at radius 2 is 1.89 bits per heavy atom. The molecule has 6 nitrogen and oxygen atoms in total. The van der Waals surface area contributed by atoms with Gasteiger partial charge in [-0.05, 0) is 57.4 Å². The van der Waals surface area contributed by atoms with Crippen LogP contribution in [-0.2, 0) is 16.1 Å². The van der Waals surface area contributed by atoms with E-state index in [9.17, 15) is 14.4 Å². The van der Waals surface area contributed by atoms with Crippen molar-refractivity contribution >= 4 is 33.3 Å². The van der Waals surface area contributed by atoms with Crippen LogP contribution in [-0.4, -0.2) is 27.4 Å². The van der Waals surface area contributed by atoms with Crippen LogP contribution < -0.4 is 5.56 Å². The van der Waals surface area contributed by atoms with Gasteiger partial charge in [0.2, 0.25) is 5.78 Å². The summed E-state index contributed by atoms with van der Waals surface area (Å²) in [6.07, 6.45) is 0.407. The molecule has 146 valence electrons. The number of fused-ring (bicyclic) bond motifs is 1. The number of aromatic nitrogens is 2. The Kier molecular flexibility index (Phi) is 5.47. The molecule has 0 bridgehead atoms. The van der Waals surface area contributed by atoms with Crippen LogP contribution in [0, 0.1) is 27.7 Å². The van der Waals surface area contributed by atoms with Gasteiger partial charge in [0, 0.05) is 10.4 Å². The van der Waals surface area contributed by atoms with Crippen molar-refractivity contribution in [3.63, 3.8) is 0 Å². The van der Waals surface area contributed by atoms with Crippen molar-refractivity contribution < 1.29 is 14.3 Å². The molecule has 3 rings (SSSR count). The van der Waals surface area contributed by atoms with Crippen LogP contribution in [0.25, 0.3) is 10.2 Å². The first-order chi connectivity index (χ1) is 13.2. The Morgan fingerprint density at radius 3 is 2.57 bits per heavy atom. The van der Waals surface area contributed by atoms with Gasteiger partial charge in [-0.2, -0.15) is 0 Å². The molecule has 28 heavy (non-hydrogen) atoms. The van der Waals surface area contributed by atoms with E-state index in [0.717, 1.165) is 21.6 Å². The lowest BCUT2D eigenvalue weighted by Crippen LogP contribution is -2.30. The van der Waals surface area contributed by atoms with Gasteiger partial charge in [-0.25, -0.2) is 4.98 Å². The number of ketones is 1. The van der Waals surface area contributed by atoms with E-state index in [1.165, 1.54) is 29.2 Å². The zero-order chi connectivity index (χ0) is 20.6. The number of hydrogen-bond acceptors (Lipinski definition) is 6. The van der Waals surface area contributed by atoms with Crippen LogP contribution in [0.5, 0.6) is 0 Å². The van der Waals surface area contributed by atoms with Crippen LogP contribution in [0.4, 0.5) is 0 Å². The maximum absolute atomic E-state index is 12.7. The Labute approximate surface area is 166 Å². The normalized spacial score (nSPS) is 12.2. The quantitative estimate of drug-likeness (QED) is 0.485. The SMILES string of the molecule is Cc1ccc(C(=O)[C@H](C)OC(=O)Cn2cnc3sc(C)c(C)c3c2=O)cc1C. The summed E-state index contributed by atoms with van der Waals surface area (Å²) >= 11 is 1.45. The van der Waals surface area contributed by atoms with E-state index in [2.05, 4.69) is 4.98 Å². The molecule has 0 amide bonds. The number of carbonyl (C=O) groups is 2. The molecule has 7 heteroatoms. The van der Waals surface area contributed by atoms with E-state index in [1.54, 1.807) is 12.1 Å². The summed E-state index contributed by atoms with van der Waals surface area (Å²) in [5, 5.41) is 0.525. The number of rotatable bonds is 5. The largest absolute Gasteiger partial charge is 0.453 e. The predicted octanol–water partition coefficient (Wildman–Crippen LogP) is 3.51. The van der Waals surface area contributed by atoms with Gasteiger partial charge in [-0.15, -0.1) is 11.3 Å². The van der Waals surface area contributed by atoms with Crippen molar-refractivity contribution in [2.45, 2.75) is 47.3 Å². The number of thiophene rings is 1. The van der Waals surface area contributed by atoms with E-state index in [-0.39, 0.29) is 17.9 Å². The number of carbonyl (C=O) groups excluding carboxylic acids is 2. The average molecular weight is 398 g/mol. The topological polar surface area (TPSA) is 78.3 Å². The van der Waals surface area contributed by atoms with Crippen LogP contribution in [0.3, 0.4) is 0 Å². The van der Waals surface area contributed by atoms with E-state index in [0.29, 0.717) is 15.8 Å².